The molecule has 0 atom stereocenters. The first-order valence-electron chi connectivity index (χ1n) is 9.46. The van der Waals surface area contributed by atoms with Crippen LogP contribution in [0, 0.1) is 0 Å². The standard InChI is InChI=1S/C25H22O2PS.ClH/c1-27-25(26)24-18-17-23(29-24)19-28(20-11-5-2-6-12-20,21-13-7-3-8-14-21)22-15-9-4-10-16-22;/h2-18H,19H2,1H3;1H/q+1;. The minimum atomic E-state index is -1.94. The Morgan fingerprint density at radius 3 is 1.57 bits per heavy atom. The first kappa shape index (κ1) is 22.2. The number of benzene rings is 3. The normalized spacial score (nSPS) is 10.8. The van der Waals surface area contributed by atoms with Crippen LogP contribution in [0.4, 0.5) is 0 Å². The van der Waals surface area contributed by atoms with E-state index in [0.29, 0.717) is 4.88 Å². The van der Waals surface area contributed by atoms with Crippen LogP contribution >= 0.6 is 31.0 Å². The van der Waals surface area contributed by atoms with Crippen molar-refractivity contribution in [1.82, 2.24) is 0 Å². The van der Waals surface area contributed by atoms with E-state index in [0.717, 1.165) is 6.16 Å². The molecule has 4 aromatic rings. The molecule has 0 fully saturated rings. The Kier molecular flexibility index (Phi) is 7.44. The fraction of sp³-hybridized carbons (Fsp3) is 0.0800. The van der Waals surface area contributed by atoms with Gasteiger partial charge >= 0.3 is 5.97 Å². The largest absolute Gasteiger partial charge is 0.465 e. The van der Waals surface area contributed by atoms with Crippen molar-refractivity contribution in [1.29, 1.82) is 0 Å². The molecule has 0 radical (unpaired) electrons. The van der Waals surface area contributed by atoms with Crippen molar-refractivity contribution in [2.45, 2.75) is 6.16 Å². The number of thiophene rings is 1. The number of methoxy groups -OCH3 is 1. The van der Waals surface area contributed by atoms with Gasteiger partial charge in [0.15, 0.2) is 0 Å². The van der Waals surface area contributed by atoms with Crippen molar-refractivity contribution in [3.63, 3.8) is 0 Å². The molecule has 0 spiro atoms. The maximum absolute atomic E-state index is 12.0. The van der Waals surface area contributed by atoms with E-state index in [2.05, 4.69) is 97.1 Å². The number of carbonyl (C=O) groups excluding carboxylic acids is 1. The zero-order valence-corrected chi connectivity index (χ0v) is 19.1. The summed E-state index contributed by atoms with van der Waals surface area (Å²) in [6.45, 7) is 0. The van der Waals surface area contributed by atoms with E-state index in [-0.39, 0.29) is 18.4 Å². The van der Waals surface area contributed by atoms with Gasteiger partial charge in [-0.2, -0.15) is 0 Å². The van der Waals surface area contributed by atoms with Crippen LogP contribution < -0.4 is 15.9 Å². The van der Waals surface area contributed by atoms with Crippen molar-refractivity contribution in [3.8, 4) is 0 Å². The van der Waals surface area contributed by atoms with E-state index in [9.17, 15) is 4.79 Å². The Morgan fingerprint density at radius 1 is 0.733 bits per heavy atom. The van der Waals surface area contributed by atoms with Gasteiger partial charge in [0.1, 0.15) is 34.2 Å². The number of hydrogen-bond donors (Lipinski definition) is 0. The molecule has 30 heavy (non-hydrogen) atoms. The lowest BCUT2D eigenvalue weighted by atomic mass is 10.4. The van der Waals surface area contributed by atoms with Gasteiger partial charge in [0.25, 0.3) is 0 Å². The zero-order valence-electron chi connectivity index (χ0n) is 16.6. The zero-order chi connectivity index (χ0) is 20.1. The molecule has 0 saturated carbocycles. The van der Waals surface area contributed by atoms with Gasteiger partial charge in [-0.3, -0.25) is 0 Å². The van der Waals surface area contributed by atoms with Crippen LogP contribution in [-0.2, 0) is 10.9 Å². The Balaban J connectivity index is 0.00000256. The van der Waals surface area contributed by atoms with Crippen LogP contribution in [0.15, 0.2) is 103 Å². The van der Waals surface area contributed by atoms with Crippen LogP contribution in [0.1, 0.15) is 14.5 Å². The van der Waals surface area contributed by atoms with E-state index < -0.39 is 7.26 Å². The molecule has 0 aliphatic heterocycles. The van der Waals surface area contributed by atoms with Gasteiger partial charge in [0, 0.05) is 4.88 Å². The Labute approximate surface area is 188 Å². The molecule has 0 aliphatic rings. The van der Waals surface area contributed by atoms with Gasteiger partial charge < -0.3 is 4.74 Å². The molecular weight excluding hydrogens is 431 g/mol. The Bertz CT molecular complexity index is 985. The third kappa shape index (κ3) is 4.34. The molecule has 5 heteroatoms. The first-order valence-corrected chi connectivity index (χ1v) is 12.2. The average Bonchev–Trinajstić information content (AvgIpc) is 3.27. The lowest BCUT2D eigenvalue weighted by molar-refractivity contribution is 0.0606. The molecule has 2 nitrogen and oxygen atoms in total. The maximum Gasteiger partial charge on any atom is 0.348 e. The van der Waals surface area contributed by atoms with Gasteiger partial charge in [-0.1, -0.05) is 54.6 Å². The topological polar surface area (TPSA) is 26.3 Å². The van der Waals surface area contributed by atoms with Gasteiger partial charge in [-0.25, -0.2) is 4.79 Å². The third-order valence-electron chi connectivity index (χ3n) is 5.03. The molecule has 0 bridgehead atoms. The molecule has 1 heterocycles. The monoisotopic (exact) mass is 453 g/mol. The minimum Gasteiger partial charge on any atom is -0.465 e. The number of halogens is 1. The fourth-order valence-corrected chi connectivity index (χ4v) is 9.29. The highest BCUT2D eigenvalue weighted by atomic mass is 35.5. The lowest BCUT2D eigenvalue weighted by Crippen LogP contribution is -2.32. The van der Waals surface area contributed by atoms with Crippen LogP contribution in [0.25, 0.3) is 0 Å². The molecule has 0 N–H and O–H groups in total. The molecular formula is C25H23ClO2PS+. The van der Waals surface area contributed by atoms with Crippen molar-refractivity contribution in [3.05, 3.63) is 113 Å². The molecule has 3 aromatic carbocycles. The highest BCUT2D eigenvalue weighted by molar-refractivity contribution is 7.95. The second-order valence-electron chi connectivity index (χ2n) is 6.73. The van der Waals surface area contributed by atoms with Gasteiger partial charge in [-0.15, -0.1) is 23.7 Å². The minimum absolute atomic E-state index is 0. The number of carbonyl (C=O) groups is 1. The lowest BCUT2D eigenvalue weighted by Gasteiger charge is -2.27. The summed E-state index contributed by atoms with van der Waals surface area (Å²) in [6.07, 6.45) is 0.868. The van der Waals surface area contributed by atoms with Crippen LogP contribution in [0.3, 0.4) is 0 Å². The fourth-order valence-electron chi connectivity index (χ4n) is 3.68. The third-order valence-corrected chi connectivity index (χ3v) is 10.7. The molecule has 0 saturated heterocycles. The first-order chi connectivity index (χ1) is 14.2. The summed E-state index contributed by atoms with van der Waals surface area (Å²) in [7, 11) is -0.515. The molecule has 1 aromatic heterocycles. The van der Waals surface area contributed by atoms with Crippen molar-refractivity contribution < 1.29 is 9.53 Å². The highest BCUT2D eigenvalue weighted by Crippen LogP contribution is 2.58. The number of hydrogen-bond acceptors (Lipinski definition) is 3. The van der Waals surface area contributed by atoms with E-state index in [1.165, 1.54) is 39.2 Å². The smallest absolute Gasteiger partial charge is 0.348 e. The molecule has 0 unspecified atom stereocenters. The van der Waals surface area contributed by atoms with Crippen molar-refractivity contribution >= 4 is 52.9 Å². The number of esters is 1. The number of rotatable bonds is 6. The van der Waals surface area contributed by atoms with E-state index >= 15 is 0 Å². The number of ether oxygens (including phenoxy) is 1. The summed E-state index contributed by atoms with van der Waals surface area (Å²) in [5.74, 6) is -0.274. The second-order valence-corrected chi connectivity index (χ2v) is 11.4. The Hall–Kier alpha value is -2.45. The quantitative estimate of drug-likeness (QED) is 0.286. The van der Waals surface area contributed by atoms with Crippen molar-refractivity contribution in [2.75, 3.05) is 7.11 Å². The van der Waals surface area contributed by atoms with Crippen molar-refractivity contribution in [2.24, 2.45) is 0 Å². The summed E-state index contributed by atoms with van der Waals surface area (Å²) >= 11 is 1.53. The summed E-state index contributed by atoms with van der Waals surface area (Å²) in [6, 6.07) is 36.3. The summed E-state index contributed by atoms with van der Waals surface area (Å²) in [5.41, 5.74) is 0. The van der Waals surface area contributed by atoms with E-state index in [1.807, 2.05) is 6.07 Å². The molecule has 4 rings (SSSR count). The SMILES string of the molecule is COC(=O)c1ccc(C[P+](c2ccccc2)(c2ccccc2)c2ccccc2)s1.Cl. The molecule has 0 aliphatic carbocycles. The molecule has 152 valence electrons. The summed E-state index contributed by atoms with van der Waals surface area (Å²) < 4.78 is 4.91. The van der Waals surface area contributed by atoms with Gasteiger partial charge in [0.2, 0.25) is 0 Å². The predicted molar refractivity (Wildman–Crippen MR) is 132 cm³/mol. The van der Waals surface area contributed by atoms with Gasteiger partial charge in [0.05, 0.1) is 7.11 Å². The van der Waals surface area contributed by atoms with E-state index in [1.54, 1.807) is 0 Å². The van der Waals surface area contributed by atoms with Gasteiger partial charge in [-0.05, 0) is 48.5 Å². The van der Waals surface area contributed by atoms with Crippen LogP contribution in [0.2, 0.25) is 0 Å². The van der Waals surface area contributed by atoms with E-state index in [4.69, 9.17) is 4.74 Å². The second kappa shape index (κ2) is 10.0. The summed E-state index contributed by atoms with van der Waals surface area (Å²) in [4.78, 5) is 13.8. The summed E-state index contributed by atoms with van der Waals surface area (Å²) in [5, 5.41) is 4.02. The average molecular weight is 454 g/mol. The maximum atomic E-state index is 12.0. The molecule has 0 amide bonds. The van der Waals surface area contributed by atoms with Crippen LogP contribution in [-0.4, -0.2) is 13.1 Å². The highest BCUT2D eigenvalue weighted by Gasteiger charge is 2.45. The predicted octanol–water partition coefficient (Wildman–Crippen LogP) is 5.45. The van der Waals surface area contributed by atoms with Crippen LogP contribution in [0.5, 0.6) is 0 Å². The Morgan fingerprint density at radius 2 is 1.17 bits per heavy atom.